The quantitative estimate of drug-likeness (QED) is 0.391. The van der Waals surface area contributed by atoms with Crippen LogP contribution in [-0.2, 0) is 11.2 Å². The van der Waals surface area contributed by atoms with Gasteiger partial charge in [-0.15, -0.1) is 11.3 Å². The van der Waals surface area contributed by atoms with E-state index in [0.29, 0.717) is 23.9 Å². The summed E-state index contributed by atoms with van der Waals surface area (Å²) in [5, 5.41) is 0. The van der Waals surface area contributed by atoms with Gasteiger partial charge in [0, 0.05) is 16.2 Å². The molecular formula is C28H33FOS. The van der Waals surface area contributed by atoms with Crippen LogP contribution in [0, 0.1) is 30.5 Å². The Kier molecular flexibility index (Phi) is 6.64. The van der Waals surface area contributed by atoms with Crippen LogP contribution in [0.25, 0.3) is 10.4 Å². The van der Waals surface area contributed by atoms with Crippen molar-refractivity contribution in [2.45, 2.75) is 59.7 Å². The average Bonchev–Trinajstić information content (AvgIpc) is 3.23. The molecule has 4 rings (SSSR count). The fourth-order valence-corrected chi connectivity index (χ4v) is 5.90. The Morgan fingerprint density at radius 1 is 0.903 bits per heavy atom. The number of halogens is 1. The minimum absolute atomic E-state index is 0.161. The predicted octanol–water partition coefficient (Wildman–Crippen LogP) is 8.21. The van der Waals surface area contributed by atoms with Crippen molar-refractivity contribution >= 4 is 11.3 Å². The topological polar surface area (TPSA) is 9.23 Å². The van der Waals surface area contributed by atoms with Crippen molar-refractivity contribution in [3.05, 3.63) is 82.0 Å². The molecule has 1 saturated heterocycles. The maximum absolute atomic E-state index is 13.2. The van der Waals surface area contributed by atoms with Crippen LogP contribution in [-0.4, -0.2) is 6.10 Å². The van der Waals surface area contributed by atoms with Gasteiger partial charge in [0.05, 0.1) is 12.2 Å². The van der Waals surface area contributed by atoms with Gasteiger partial charge in [-0.1, -0.05) is 58.0 Å². The summed E-state index contributed by atoms with van der Waals surface area (Å²) < 4.78 is 19.8. The summed E-state index contributed by atoms with van der Waals surface area (Å²) in [4.78, 5) is 2.51. The summed E-state index contributed by atoms with van der Waals surface area (Å²) in [5.41, 5.74) is 5.06. The number of aryl methyl sites for hydroxylation is 1. The molecule has 0 bridgehead atoms. The standard InChI is InChI=1S/C28H33FOS/c1-6-26-19(4)18(3)20(5)28(30-26)22-8-7-17(2)23(15-22)16-25-13-14-27(31-25)21-9-11-24(29)12-10-21/h7-15,18-20,26,28H,6,16H2,1-5H3/t18-,19-,20+,26+,28?/m0/s1. The first kappa shape index (κ1) is 22.2. The molecule has 2 heterocycles. The molecule has 31 heavy (non-hydrogen) atoms. The number of thiophene rings is 1. The SMILES string of the molecule is CC[C@H]1OC(c2ccc(C)c(Cc3ccc(-c4ccc(F)cc4)s3)c2)[C@H](C)[C@@H](C)[C@@H]1C. The maximum atomic E-state index is 13.2. The smallest absolute Gasteiger partial charge is 0.123 e. The average molecular weight is 437 g/mol. The van der Waals surface area contributed by atoms with E-state index in [1.54, 1.807) is 11.3 Å². The van der Waals surface area contributed by atoms with Crippen LogP contribution in [0.1, 0.15) is 61.8 Å². The van der Waals surface area contributed by atoms with Crippen LogP contribution in [0.15, 0.2) is 54.6 Å². The van der Waals surface area contributed by atoms with Gasteiger partial charge in [-0.2, -0.15) is 0 Å². The zero-order valence-electron chi connectivity index (χ0n) is 19.2. The van der Waals surface area contributed by atoms with Crippen molar-refractivity contribution in [1.82, 2.24) is 0 Å². The van der Waals surface area contributed by atoms with Crippen molar-refractivity contribution < 1.29 is 9.13 Å². The lowest BCUT2D eigenvalue weighted by atomic mass is 9.74. The van der Waals surface area contributed by atoms with Gasteiger partial charge in [0.1, 0.15) is 5.82 Å². The monoisotopic (exact) mass is 436 g/mol. The highest BCUT2D eigenvalue weighted by atomic mass is 32.1. The lowest BCUT2D eigenvalue weighted by Crippen LogP contribution is -2.40. The minimum Gasteiger partial charge on any atom is -0.370 e. The molecule has 0 aliphatic carbocycles. The van der Waals surface area contributed by atoms with Crippen molar-refractivity contribution in [1.29, 1.82) is 0 Å². The van der Waals surface area contributed by atoms with E-state index < -0.39 is 0 Å². The minimum atomic E-state index is -0.193. The van der Waals surface area contributed by atoms with E-state index in [1.807, 2.05) is 12.1 Å². The van der Waals surface area contributed by atoms with Gasteiger partial charge >= 0.3 is 0 Å². The van der Waals surface area contributed by atoms with Crippen molar-refractivity contribution in [2.75, 3.05) is 0 Å². The zero-order valence-corrected chi connectivity index (χ0v) is 20.0. The van der Waals surface area contributed by atoms with E-state index in [1.165, 1.54) is 38.6 Å². The third-order valence-corrected chi connectivity index (χ3v) is 8.44. The van der Waals surface area contributed by atoms with E-state index >= 15 is 0 Å². The van der Waals surface area contributed by atoms with Gasteiger partial charge in [0.2, 0.25) is 0 Å². The first-order chi connectivity index (χ1) is 14.9. The Labute approximate surface area is 190 Å². The first-order valence-electron chi connectivity index (χ1n) is 11.5. The predicted molar refractivity (Wildman–Crippen MR) is 129 cm³/mol. The third-order valence-electron chi connectivity index (χ3n) is 7.30. The Hall–Kier alpha value is -1.97. The zero-order chi connectivity index (χ0) is 22.1. The number of hydrogen-bond acceptors (Lipinski definition) is 2. The molecule has 0 amide bonds. The first-order valence-corrected chi connectivity index (χ1v) is 12.3. The molecule has 1 aliphatic heterocycles. The molecule has 164 valence electrons. The van der Waals surface area contributed by atoms with Gasteiger partial charge in [-0.3, -0.25) is 0 Å². The lowest BCUT2D eigenvalue weighted by molar-refractivity contribution is -0.136. The summed E-state index contributed by atoms with van der Waals surface area (Å²) >= 11 is 1.79. The molecule has 0 radical (unpaired) electrons. The van der Waals surface area contributed by atoms with Crippen molar-refractivity contribution in [2.24, 2.45) is 17.8 Å². The second-order valence-electron chi connectivity index (χ2n) is 9.22. The Bertz CT molecular complexity index is 1020. The number of ether oxygens (including phenoxy) is 1. The Morgan fingerprint density at radius 3 is 2.35 bits per heavy atom. The van der Waals surface area contributed by atoms with Crippen LogP contribution in [0.3, 0.4) is 0 Å². The van der Waals surface area contributed by atoms with Gasteiger partial charge in [-0.25, -0.2) is 4.39 Å². The van der Waals surface area contributed by atoms with E-state index in [-0.39, 0.29) is 11.9 Å². The maximum Gasteiger partial charge on any atom is 0.123 e. The molecule has 2 aromatic carbocycles. The van der Waals surface area contributed by atoms with Crippen molar-refractivity contribution in [3.8, 4) is 10.4 Å². The summed E-state index contributed by atoms with van der Waals surface area (Å²) in [6.07, 6.45) is 2.47. The summed E-state index contributed by atoms with van der Waals surface area (Å²) in [6.45, 7) is 11.5. The van der Waals surface area contributed by atoms with Crippen molar-refractivity contribution in [3.63, 3.8) is 0 Å². The molecule has 0 saturated carbocycles. The number of rotatable bonds is 5. The molecule has 3 heteroatoms. The summed E-state index contributed by atoms with van der Waals surface area (Å²) in [5.74, 6) is 1.54. The number of hydrogen-bond donors (Lipinski definition) is 0. The fourth-order valence-electron chi connectivity index (χ4n) is 4.87. The highest BCUT2D eigenvalue weighted by Gasteiger charge is 2.38. The van der Waals surface area contributed by atoms with Gasteiger partial charge in [-0.05, 0) is 77.6 Å². The normalized spacial score (nSPS) is 26.2. The van der Waals surface area contributed by atoms with Crippen LogP contribution in [0.4, 0.5) is 4.39 Å². The Morgan fingerprint density at radius 2 is 1.65 bits per heavy atom. The Balaban J connectivity index is 1.57. The summed E-state index contributed by atoms with van der Waals surface area (Å²) in [7, 11) is 0. The van der Waals surface area contributed by atoms with Gasteiger partial charge < -0.3 is 4.74 Å². The highest BCUT2D eigenvalue weighted by Crippen LogP contribution is 2.44. The molecule has 5 atom stereocenters. The third kappa shape index (κ3) is 4.63. The van der Waals surface area contributed by atoms with Crippen LogP contribution < -0.4 is 0 Å². The number of benzene rings is 2. The second kappa shape index (κ2) is 9.26. The fraction of sp³-hybridized carbons (Fsp3) is 0.429. The van der Waals surface area contributed by atoms with Crippen LogP contribution in [0.2, 0.25) is 0 Å². The van der Waals surface area contributed by atoms with E-state index in [0.717, 1.165) is 18.4 Å². The molecule has 1 fully saturated rings. The molecule has 3 aromatic rings. The molecule has 0 N–H and O–H groups in total. The van der Waals surface area contributed by atoms with E-state index in [9.17, 15) is 4.39 Å². The molecule has 0 spiro atoms. The highest BCUT2D eigenvalue weighted by molar-refractivity contribution is 7.15. The van der Waals surface area contributed by atoms with Gasteiger partial charge in [0.25, 0.3) is 0 Å². The van der Waals surface area contributed by atoms with Crippen LogP contribution in [0.5, 0.6) is 0 Å². The molecule has 1 unspecified atom stereocenters. The van der Waals surface area contributed by atoms with Gasteiger partial charge in [0.15, 0.2) is 0 Å². The van der Waals surface area contributed by atoms with E-state index in [4.69, 9.17) is 4.74 Å². The summed E-state index contributed by atoms with van der Waals surface area (Å²) in [6, 6.07) is 18.0. The van der Waals surface area contributed by atoms with E-state index in [2.05, 4.69) is 65.0 Å². The molecule has 1 nitrogen and oxygen atoms in total. The molecular weight excluding hydrogens is 403 g/mol. The molecule has 1 aromatic heterocycles. The largest absolute Gasteiger partial charge is 0.370 e. The lowest BCUT2D eigenvalue weighted by Gasteiger charge is -2.44. The molecule has 1 aliphatic rings. The van der Waals surface area contributed by atoms with Crippen LogP contribution >= 0.6 is 11.3 Å². The second-order valence-corrected chi connectivity index (χ2v) is 10.4.